The number of aromatic nitrogens is 2. The molecule has 0 aliphatic heterocycles. The number of anilines is 2. The first-order valence-corrected chi connectivity index (χ1v) is 9.77. The number of aryl methyl sites for hydroxylation is 2. The summed E-state index contributed by atoms with van der Waals surface area (Å²) in [5, 5.41) is 4.23. The van der Waals surface area contributed by atoms with Gasteiger partial charge in [0.25, 0.3) is 0 Å². The van der Waals surface area contributed by atoms with E-state index in [1.807, 2.05) is 13.8 Å². The molecular weight excluding hydrogens is 389 g/mol. The van der Waals surface area contributed by atoms with E-state index in [4.69, 9.17) is 4.74 Å². The molecule has 5 nitrogen and oxygen atoms in total. The first-order valence-electron chi connectivity index (χ1n) is 8.95. The van der Waals surface area contributed by atoms with Crippen LogP contribution >= 0.6 is 11.3 Å². The molecule has 7 heteroatoms. The van der Waals surface area contributed by atoms with Crippen LogP contribution in [0.25, 0.3) is 21.3 Å². The number of thiophene rings is 1. The molecule has 0 spiro atoms. The minimum Gasteiger partial charge on any atom is -0.465 e. The van der Waals surface area contributed by atoms with Crippen molar-refractivity contribution in [2.75, 3.05) is 12.4 Å². The van der Waals surface area contributed by atoms with E-state index in [9.17, 15) is 9.18 Å². The van der Waals surface area contributed by atoms with Crippen LogP contribution in [0.1, 0.15) is 21.1 Å². The van der Waals surface area contributed by atoms with Gasteiger partial charge in [-0.15, -0.1) is 11.3 Å². The zero-order chi connectivity index (χ0) is 20.5. The normalized spacial score (nSPS) is 10.9. The summed E-state index contributed by atoms with van der Waals surface area (Å²) >= 11 is 1.58. The average molecular weight is 407 g/mol. The van der Waals surface area contributed by atoms with Gasteiger partial charge in [-0.3, -0.25) is 0 Å². The van der Waals surface area contributed by atoms with Crippen molar-refractivity contribution in [3.8, 4) is 11.1 Å². The number of carbonyl (C=O) groups is 1. The molecular formula is C22H18FN3O2S. The number of nitrogens with one attached hydrogen (secondary N) is 1. The Morgan fingerprint density at radius 3 is 2.38 bits per heavy atom. The van der Waals surface area contributed by atoms with E-state index in [1.165, 1.54) is 19.2 Å². The summed E-state index contributed by atoms with van der Waals surface area (Å²) in [5.74, 6) is 0.658. The number of ether oxygens (including phenoxy) is 1. The molecule has 0 radical (unpaired) electrons. The summed E-state index contributed by atoms with van der Waals surface area (Å²) < 4.78 is 18.1. The lowest BCUT2D eigenvalue weighted by Crippen LogP contribution is -2.02. The van der Waals surface area contributed by atoms with Crippen LogP contribution in [0.15, 0.2) is 48.5 Å². The van der Waals surface area contributed by atoms with Crippen molar-refractivity contribution in [1.29, 1.82) is 0 Å². The number of hydrogen-bond acceptors (Lipinski definition) is 6. The molecule has 2 aromatic heterocycles. The molecule has 146 valence electrons. The SMILES string of the molecule is COC(=O)c1ccc(Nc2nc(C)nc3sc(C)c(-c4ccc(F)cc4)c23)cc1. The van der Waals surface area contributed by atoms with E-state index in [2.05, 4.69) is 15.3 Å². The molecule has 0 saturated heterocycles. The summed E-state index contributed by atoms with van der Waals surface area (Å²) in [4.78, 5) is 22.8. The summed E-state index contributed by atoms with van der Waals surface area (Å²) in [5.41, 5.74) is 3.15. The summed E-state index contributed by atoms with van der Waals surface area (Å²) in [7, 11) is 1.35. The summed E-state index contributed by atoms with van der Waals surface area (Å²) in [6, 6.07) is 13.4. The maximum Gasteiger partial charge on any atom is 0.337 e. The largest absolute Gasteiger partial charge is 0.465 e. The number of hydrogen-bond donors (Lipinski definition) is 1. The van der Waals surface area contributed by atoms with Gasteiger partial charge < -0.3 is 10.1 Å². The predicted molar refractivity (Wildman–Crippen MR) is 113 cm³/mol. The third-order valence-electron chi connectivity index (χ3n) is 4.54. The number of rotatable bonds is 4. The number of carbonyl (C=O) groups excluding carboxylic acids is 1. The van der Waals surface area contributed by atoms with Crippen molar-refractivity contribution in [3.05, 3.63) is 70.6 Å². The first-order chi connectivity index (χ1) is 14.0. The Labute approximate surface area is 171 Å². The Hall–Kier alpha value is -3.32. The van der Waals surface area contributed by atoms with Crippen molar-refractivity contribution in [1.82, 2.24) is 9.97 Å². The highest BCUT2D eigenvalue weighted by Gasteiger charge is 2.18. The van der Waals surface area contributed by atoms with E-state index in [1.54, 1.807) is 47.7 Å². The lowest BCUT2D eigenvalue weighted by atomic mass is 10.0. The molecule has 4 aromatic rings. The molecule has 0 unspecified atom stereocenters. The number of esters is 1. The van der Waals surface area contributed by atoms with E-state index in [0.717, 1.165) is 31.9 Å². The van der Waals surface area contributed by atoms with E-state index < -0.39 is 0 Å². The number of fused-ring (bicyclic) bond motifs is 1. The van der Waals surface area contributed by atoms with Crippen LogP contribution in [0.2, 0.25) is 0 Å². The van der Waals surface area contributed by atoms with Gasteiger partial charge in [0.15, 0.2) is 0 Å². The maximum atomic E-state index is 13.4. The van der Waals surface area contributed by atoms with Crippen LogP contribution in [-0.2, 0) is 4.74 Å². The number of halogens is 1. The Morgan fingerprint density at radius 2 is 1.72 bits per heavy atom. The molecule has 1 N–H and O–H groups in total. The third kappa shape index (κ3) is 3.69. The molecule has 4 rings (SSSR count). The monoisotopic (exact) mass is 407 g/mol. The van der Waals surface area contributed by atoms with Crippen molar-refractivity contribution in [2.45, 2.75) is 13.8 Å². The van der Waals surface area contributed by atoms with Crippen LogP contribution < -0.4 is 5.32 Å². The van der Waals surface area contributed by atoms with Crippen molar-refractivity contribution >= 4 is 39.0 Å². The van der Waals surface area contributed by atoms with Crippen molar-refractivity contribution in [2.24, 2.45) is 0 Å². The second kappa shape index (κ2) is 7.60. The van der Waals surface area contributed by atoms with Gasteiger partial charge in [0, 0.05) is 16.1 Å². The van der Waals surface area contributed by atoms with E-state index in [-0.39, 0.29) is 11.8 Å². The first kappa shape index (κ1) is 19.0. The highest BCUT2D eigenvalue weighted by Crippen LogP contribution is 2.41. The highest BCUT2D eigenvalue weighted by atomic mass is 32.1. The van der Waals surface area contributed by atoms with Crippen LogP contribution in [0, 0.1) is 19.7 Å². The fourth-order valence-electron chi connectivity index (χ4n) is 3.22. The number of benzene rings is 2. The van der Waals surface area contributed by atoms with Gasteiger partial charge >= 0.3 is 5.97 Å². The number of methoxy groups -OCH3 is 1. The highest BCUT2D eigenvalue weighted by molar-refractivity contribution is 7.19. The minimum atomic E-state index is -0.385. The van der Waals surface area contributed by atoms with Crippen LogP contribution in [-0.4, -0.2) is 23.0 Å². The Morgan fingerprint density at radius 1 is 1.03 bits per heavy atom. The lowest BCUT2D eigenvalue weighted by Gasteiger charge is -2.11. The predicted octanol–water partition coefficient (Wildman–Crippen LogP) is 5.64. The van der Waals surface area contributed by atoms with Gasteiger partial charge in [0.05, 0.1) is 18.1 Å². The van der Waals surface area contributed by atoms with Crippen molar-refractivity contribution < 1.29 is 13.9 Å². The van der Waals surface area contributed by atoms with Gasteiger partial charge in [-0.05, 0) is 55.8 Å². The fourth-order valence-corrected chi connectivity index (χ4v) is 4.31. The summed E-state index contributed by atoms with van der Waals surface area (Å²) in [6.07, 6.45) is 0. The topological polar surface area (TPSA) is 64.1 Å². The van der Waals surface area contributed by atoms with Gasteiger partial charge in [0.2, 0.25) is 0 Å². The molecule has 29 heavy (non-hydrogen) atoms. The van der Waals surface area contributed by atoms with Crippen molar-refractivity contribution in [3.63, 3.8) is 0 Å². The summed E-state index contributed by atoms with van der Waals surface area (Å²) in [6.45, 7) is 3.87. The molecule has 0 fully saturated rings. The van der Waals surface area contributed by atoms with E-state index in [0.29, 0.717) is 17.2 Å². The second-order valence-electron chi connectivity index (χ2n) is 6.53. The lowest BCUT2D eigenvalue weighted by molar-refractivity contribution is 0.0601. The standard InChI is InChI=1S/C22H18FN3O2S/c1-12-18(14-4-8-16(23)9-5-14)19-20(24-13(2)25-21(19)29-12)26-17-10-6-15(7-11-17)22(27)28-3/h4-11H,1-3H3,(H,24,25,26). The molecule has 0 aliphatic carbocycles. The molecule has 0 aliphatic rings. The minimum absolute atomic E-state index is 0.276. The van der Waals surface area contributed by atoms with Crippen LogP contribution in [0.5, 0.6) is 0 Å². The molecule has 2 aromatic carbocycles. The fraction of sp³-hybridized carbons (Fsp3) is 0.136. The third-order valence-corrected chi connectivity index (χ3v) is 5.54. The smallest absolute Gasteiger partial charge is 0.337 e. The average Bonchev–Trinajstić information content (AvgIpc) is 3.04. The number of nitrogens with zero attached hydrogens (tertiary/aromatic N) is 2. The molecule has 0 bridgehead atoms. The maximum absolute atomic E-state index is 13.4. The van der Waals surface area contributed by atoms with E-state index >= 15 is 0 Å². The van der Waals surface area contributed by atoms with Gasteiger partial charge in [0.1, 0.15) is 22.3 Å². The quantitative estimate of drug-likeness (QED) is 0.443. The Kier molecular flexibility index (Phi) is 4.98. The Balaban J connectivity index is 1.81. The molecule has 0 amide bonds. The molecule has 2 heterocycles. The van der Waals surface area contributed by atoms with Gasteiger partial charge in [-0.25, -0.2) is 19.2 Å². The zero-order valence-electron chi connectivity index (χ0n) is 16.1. The second-order valence-corrected chi connectivity index (χ2v) is 7.74. The van der Waals surface area contributed by atoms with Crippen LogP contribution in [0.4, 0.5) is 15.9 Å². The van der Waals surface area contributed by atoms with Crippen LogP contribution in [0.3, 0.4) is 0 Å². The van der Waals surface area contributed by atoms with Gasteiger partial charge in [-0.2, -0.15) is 0 Å². The molecule has 0 saturated carbocycles. The van der Waals surface area contributed by atoms with Gasteiger partial charge in [-0.1, -0.05) is 12.1 Å². The zero-order valence-corrected chi connectivity index (χ0v) is 16.9. The Bertz CT molecular complexity index is 1200. The molecule has 0 atom stereocenters.